The average molecular weight is 270 g/mol. The van der Waals surface area contributed by atoms with Gasteiger partial charge in [-0.2, -0.15) is 0 Å². The van der Waals surface area contributed by atoms with Crippen LogP contribution in [0, 0.1) is 5.92 Å². The molecule has 0 aromatic heterocycles. The standard InChI is InChI=1S/C14H20ClNO2/c1-9(6-10-4-5-10)16-12-8-14(18-3)13(17-2)7-11(12)15/h7-10,16H,4-6H2,1-3H3. The number of anilines is 1. The molecular weight excluding hydrogens is 250 g/mol. The van der Waals surface area contributed by atoms with Gasteiger partial charge in [0, 0.05) is 18.2 Å². The van der Waals surface area contributed by atoms with Crippen molar-refractivity contribution in [1.29, 1.82) is 0 Å². The largest absolute Gasteiger partial charge is 0.493 e. The molecule has 1 aliphatic carbocycles. The summed E-state index contributed by atoms with van der Waals surface area (Å²) in [6, 6.07) is 4.10. The van der Waals surface area contributed by atoms with Gasteiger partial charge in [-0.05, 0) is 19.3 Å². The number of hydrogen-bond acceptors (Lipinski definition) is 3. The third kappa shape index (κ3) is 3.22. The van der Waals surface area contributed by atoms with Crippen molar-refractivity contribution in [2.24, 2.45) is 5.92 Å². The van der Waals surface area contributed by atoms with Gasteiger partial charge in [-0.25, -0.2) is 0 Å². The van der Waals surface area contributed by atoms with Gasteiger partial charge < -0.3 is 14.8 Å². The Hall–Kier alpha value is -1.09. The predicted octanol–water partition coefficient (Wildman–Crippen LogP) is 3.96. The number of ether oxygens (including phenoxy) is 2. The van der Waals surface area contributed by atoms with Crippen LogP contribution in [0.3, 0.4) is 0 Å². The van der Waals surface area contributed by atoms with Crippen LogP contribution in [0.4, 0.5) is 5.69 Å². The molecular formula is C14H20ClNO2. The first-order valence-electron chi connectivity index (χ1n) is 6.32. The molecule has 1 N–H and O–H groups in total. The van der Waals surface area contributed by atoms with E-state index in [1.165, 1.54) is 19.3 Å². The minimum Gasteiger partial charge on any atom is -0.493 e. The number of benzene rings is 1. The lowest BCUT2D eigenvalue weighted by Gasteiger charge is -2.18. The zero-order chi connectivity index (χ0) is 13.1. The topological polar surface area (TPSA) is 30.5 Å². The van der Waals surface area contributed by atoms with Crippen molar-refractivity contribution in [3.05, 3.63) is 17.2 Å². The number of methoxy groups -OCH3 is 2. The van der Waals surface area contributed by atoms with E-state index in [9.17, 15) is 0 Å². The first kappa shape index (κ1) is 13.3. The molecule has 1 saturated carbocycles. The maximum atomic E-state index is 6.24. The number of nitrogens with one attached hydrogen (secondary N) is 1. The van der Waals surface area contributed by atoms with Crippen LogP contribution in [-0.4, -0.2) is 20.3 Å². The second-order valence-electron chi connectivity index (χ2n) is 4.91. The van der Waals surface area contributed by atoms with Crippen molar-refractivity contribution in [2.45, 2.75) is 32.2 Å². The van der Waals surface area contributed by atoms with Gasteiger partial charge >= 0.3 is 0 Å². The molecule has 0 heterocycles. The van der Waals surface area contributed by atoms with E-state index < -0.39 is 0 Å². The summed E-state index contributed by atoms with van der Waals surface area (Å²) in [4.78, 5) is 0. The maximum Gasteiger partial charge on any atom is 0.162 e. The summed E-state index contributed by atoms with van der Waals surface area (Å²) in [7, 11) is 3.24. The molecule has 2 rings (SSSR count). The van der Waals surface area contributed by atoms with Crippen molar-refractivity contribution in [1.82, 2.24) is 0 Å². The molecule has 4 heteroatoms. The Balaban J connectivity index is 2.10. The van der Waals surface area contributed by atoms with Gasteiger partial charge in [0.1, 0.15) is 0 Å². The van der Waals surface area contributed by atoms with Gasteiger partial charge in [-0.1, -0.05) is 24.4 Å². The summed E-state index contributed by atoms with van der Waals surface area (Å²) in [5.74, 6) is 2.25. The van der Waals surface area contributed by atoms with Gasteiger partial charge in [-0.15, -0.1) is 0 Å². The molecule has 1 fully saturated rings. The molecule has 0 aliphatic heterocycles. The van der Waals surface area contributed by atoms with Gasteiger partial charge in [0.2, 0.25) is 0 Å². The highest BCUT2D eigenvalue weighted by molar-refractivity contribution is 6.33. The van der Waals surface area contributed by atoms with E-state index >= 15 is 0 Å². The molecule has 1 aromatic carbocycles. The van der Waals surface area contributed by atoms with Gasteiger partial charge in [-0.3, -0.25) is 0 Å². The second-order valence-corrected chi connectivity index (χ2v) is 5.32. The van der Waals surface area contributed by atoms with E-state index in [0.717, 1.165) is 11.6 Å². The summed E-state index contributed by atoms with van der Waals surface area (Å²) in [6.07, 6.45) is 3.93. The van der Waals surface area contributed by atoms with Crippen molar-refractivity contribution < 1.29 is 9.47 Å². The van der Waals surface area contributed by atoms with Crippen molar-refractivity contribution >= 4 is 17.3 Å². The molecule has 1 aliphatic rings. The smallest absolute Gasteiger partial charge is 0.162 e. The highest BCUT2D eigenvalue weighted by Crippen LogP contribution is 2.38. The Bertz CT molecular complexity index is 419. The fraction of sp³-hybridized carbons (Fsp3) is 0.571. The van der Waals surface area contributed by atoms with Crippen molar-refractivity contribution in [2.75, 3.05) is 19.5 Å². The molecule has 1 aromatic rings. The predicted molar refractivity (Wildman–Crippen MR) is 75.0 cm³/mol. The van der Waals surface area contributed by atoms with E-state index in [4.69, 9.17) is 21.1 Å². The molecule has 1 unspecified atom stereocenters. The maximum absolute atomic E-state index is 6.24. The molecule has 3 nitrogen and oxygen atoms in total. The van der Waals surface area contributed by atoms with E-state index in [1.807, 2.05) is 6.07 Å². The molecule has 100 valence electrons. The first-order chi connectivity index (χ1) is 8.63. The number of rotatable bonds is 6. The normalized spacial score (nSPS) is 16.2. The summed E-state index contributed by atoms with van der Waals surface area (Å²) >= 11 is 6.24. The lowest BCUT2D eigenvalue weighted by molar-refractivity contribution is 0.355. The van der Waals surface area contributed by atoms with Crippen LogP contribution < -0.4 is 14.8 Å². The highest BCUT2D eigenvalue weighted by atomic mass is 35.5. The third-order valence-corrected chi connectivity index (χ3v) is 3.57. The number of halogens is 1. The molecule has 18 heavy (non-hydrogen) atoms. The number of hydrogen-bond donors (Lipinski definition) is 1. The second kappa shape index (κ2) is 5.70. The summed E-state index contributed by atoms with van der Waals surface area (Å²) in [5, 5.41) is 4.10. The van der Waals surface area contributed by atoms with E-state index in [1.54, 1.807) is 20.3 Å². The Morgan fingerprint density at radius 2 is 1.89 bits per heavy atom. The molecule has 0 bridgehead atoms. The van der Waals surface area contributed by atoms with Crippen LogP contribution >= 0.6 is 11.6 Å². The first-order valence-corrected chi connectivity index (χ1v) is 6.70. The van der Waals surface area contributed by atoms with Crippen molar-refractivity contribution in [3.63, 3.8) is 0 Å². The third-order valence-electron chi connectivity index (χ3n) is 3.26. The van der Waals surface area contributed by atoms with Crippen LogP contribution in [0.15, 0.2) is 12.1 Å². The molecule has 1 atom stereocenters. The van der Waals surface area contributed by atoms with Gasteiger partial charge in [0.05, 0.1) is 24.9 Å². The zero-order valence-corrected chi connectivity index (χ0v) is 11.9. The summed E-state index contributed by atoms with van der Waals surface area (Å²) < 4.78 is 10.5. The van der Waals surface area contributed by atoms with Crippen LogP contribution in [0.25, 0.3) is 0 Å². The molecule has 0 amide bonds. The van der Waals surface area contributed by atoms with Gasteiger partial charge in [0.15, 0.2) is 11.5 Å². The molecule has 0 radical (unpaired) electrons. The fourth-order valence-corrected chi connectivity index (χ4v) is 2.35. The van der Waals surface area contributed by atoms with Crippen LogP contribution in [0.5, 0.6) is 11.5 Å². The van der Waals surface area contributed by atoms with E-state index in [0.29, 0.717) is 22.6 Å². The Labute approximate surface area is 113 Å². The minimum absolute atomic E-state index is 0.424. The van der Waals surface area contributed by atoms with Gasteiger partial charge in [0.25, 0.3) is 0 Å². The quantitative estimate of drug-likeness (QED) is 0.848. The van der Waals surface area contributed by atoms with E-state index in [2.05, 4.69) is 12.2 Å². The Morgan fingerprint density at radius 1 is 1.28 bits per heavy atom. The van der Waals surface area contributed by atoms with Crippen LogP contribution in [0.2, 0.25) is 5.02 Å². The minimum atomic E-state index is 0.424. The van der Waals surface area contributed by atoms with Crippen molar-refractivity contribution in [3.8, 4) is 11.5 Å². The fourth-order valence-electron chi connectivity index (χ4n) is 2.14. The Morgan fingerprint density at radius 3 is 2.44 bits per heavy atom. The Kier molecular flexibility index (Phi) is 4.23. The molecule has 0 saturated heterocycles. The monoisotopic (exact) mass is 269 g/mol. The zero-order valence-electron chi connectivity index (χ0n) is 11.1. The lowest BCUT2D eigenvalue weighted by Crippen LogP contribution is -2.16. The SMILES string of the molecule is COc1cc(Cl)c(NC(C)CC2CC2)cc1OC. The van der Waals surface area contributed by atoms with Crippen LogP contribution in [-0.2, 0) is 0 Å². The summed E-state index contributed by atoms with van der Waals surface area (Å²) in [5.41, 5.74) is 0.905. The lowest BCUT2D eigenvalue weighted by atomic mass is 10.1. The van der Waals surface area contributed by atoms with Crippen LogP contribution in [0.1, 0.15) is 26.2 Å². The molecule has 0 spiro atoms. The highest BCUT2D eigenvalue weighted by Gasteiger charge is 2.24. The summed E-state index contributed by atoms with van der Waals surface area (Å²) in [6.45, 7) is 2.19. The average Bonchev–Trinajstić information content (AvgIpc) is 3.14. The van der Waals surface area contributed by atoms with E-state index in [-0.39, 0.29) is 0 Å².